The van der Waals surface area contributed by atoms with E-state index in [0.29, 0.717) is 18.1 Å². The zero-order chi connectivity index (χ0) is 20.9. The fraction of sp³-hybridized carbons (Fsp3) is 0.550. The highest BCUT2D eigenvalue weighted by Gasteiger charge is 2.37. The highest BCUT2D eigenvalue weighted by Crippen LogP contribution is 2.31. The van der Waals surface area contributed by atoms with Crippen LogP contribution in [0.5, 0.6) is 0 Å². The van der Waals surface area contributed by atoms with Crippen molar-refractivity contribution in [3.8, 4) is 23.3 Å². The van der Waals surface area contributed by atoms with Gasteiger partial charge in [0, 0.05) is 6.54 Å². The second-order valence-electron chi connectivity index (χ2n) is 8.29. The van der Waals surface area contributed by atoms with Gasteiger partial charge in [0.05, 0.1) is 12.2 Å². The Morgan fingerprint density at radius 1 is 1.36 bits per heavy atom. The number of rotatable bonds is 4. The van der Waals surface area contributed by atoms with Crippen LogP contribution in [0.25, 0.3) is 0 Å². The Morgan fingerprint density at radius 2 is 2.07 bits per heavy atom. The Bertz CT molecular complexity index is 849. The van der Waals surface area contributed by atoms with Gasteiger partial charge in [-0.2, -0.15) is 0 Å². The third-order valence-corrected chi connectivity index (χ3v) is 5.23. The summed E-state index contributed by atoms with van der Waals surface area (Å²) in [7, 11) is -1.45. The topological polar surface area (TPSA) is 98.3 Å². The molecule has 1 fully saturated rings. The maximum atomic E-state index is 12.9. The average Bonchev–Trinajstić information content (AvgIpc) is 3.23. The summed E-state index contributed by atoms with van der Waals surface area (Å²) in [6.07, 6.45) is 2.07. The lowest BCUT2D eigenvalue weighted by molar-refractivity contribution is -0.135. The molecule has 0 saturated carbocycles. The van der Waals surface area contributed by atoms with Gasteiger partial charge in [0.1, 0.15) is 25.6 Å². The van der Waals surface area contributed by atoms with Gasteiger partial charge in [-0.25, -0.2) is 9.78 Å². The van der Waals surface area contributed by atoms with E-state index in [0.717, 1.165) is 12.8 Å². The number of carbonyl (C=O) groups is 2. The van der Waals surface area contributed by atoms with Gasteiger partial charge in [0.25, 0.3) is 0 Å². The summed E-state index contributed by atoms with van der Waals surface area (Å²) in [6, 6.07) is -0.975. The second kappa shape index (κ2) is 8.98. The minimum absolute atomic E-state index is 0.146. The van der Waals surface area contributed by atoms with Crippen molar-refractivity contribution in [2.75, 3.05) is 6.54 Å². The van der Waals surface area contributed by atoms with Crippen LogP contribution in [0, 0.1) is 29.2 Å². The molecule has 0 aromatic carbocycles. The Labute approximate surface area is 167 Å². The zero-order valence-electron chi connectivity index (χ0n) is 17.1. The van der Waals surface area contributed by atoms with Gasteiger partial charge in [-0.3, -0.25) is 4.79 Å². The maximum absolute atomic E-state index is 12.9. The Balaban J connectivity index is 2.15. The lowest BCUT2D eigenvalue weighted by Gasteiger charge is -2.29. The summed E-state index contributed by atoms with van der Waals surface area (Å²) in [5.74, 6) is 9.02. The van der Waals surface area contributed by atoms with Crippen LogP contribution in [0.15, 0.2) is 6.20 Å². The van der Waals surface area contributed by atoms with Gasteiger partial charge in [0.2, 0.25) is 5.91 Å². The smallest absolute Gasteiger partial charge is 0.405 e. The Kier molecular flexibility index (Phi) is 6.93. The monoisotopic (exact) mass is 400 g/mol. The van der Waals surface area contributed by atoms with Gasteiger partial charge >= 0.3 is 6.09 Å². The molecule has 2 heterocycles. The number of H-pyrrole nitrogens is 1. The quantitative estimate of drug-likeness (QED) is 0.534. The number of carbonyl (C=O) groups excluding carboxylic acids is 1. The molecule has 150 valence electrons. The molecule has 1 saturated heterocycles. The summed E-state index contributed by atoms with van der Waals surface area (Å²) < 4.78 is 0. The number of hydrogen-bond acceptors (Lipinski definition) is 3. The number of hydrogen-bond donors (Lipinski definition) is 3. The van der Waals surface area contributed by atoms with E-state index in [9.17, 15) is 9.59 Å². The summed E-state index contributed by atoms with van der Waals surface area (Å²) in [5, 5.41) is 11.4. The number of amides is 2. The first-order chi connectivity index (χ1) is 13.1. The fourth-order valence-electron chi connectivity index (χ4n) is 3.03. The number of aromatic amines is 1. The van der Waals surface area contributed by atoms with E-state index in [1.807, 2.05) is 13.8 Å². The molecule has 1 aliphatic heterocycles. The predicted octanol–water partition coefficient (Wildman–Crippen LogP) is 2.60. The molecule has 0 radical (unpaired) electrons. The second-order valence-corrected chi connectivity index (χ2v) is 13.0. The van der Waals surface area contributed by atoms with Crippen molar-refractivity contribution in [2.24, 2.45) is 5.92 Å². The molecule has 0 aliphatic carbocycles. The van der Waals surface area contributed by atoms with Crippen molar-refractivity contribution in [2.45, 2.75) is 58.4 Å². The first kappa shape index (κ1) is 21.6. The SMILES string of the molecule is CC(C)[C@H](NC(=O)O)C(=O)N1CCC[C@H]1c1ncc(C#CC#C[Si](C)(C)C)[nH]1. The molecule has 2 rings (SSSR count). The van der Waals surface area contributed by atoms with Crippen LogP contribution in [0.3, 0.4) is 0 Å². The standard InChI is InChI=1S/C20H28N4O3Si/c1-14(2)17(23-20(26)27)19(25)24-11-8-10-16(24)18-21-13-15(22-18)9-6-7-12-28(3,4)5/h13-14,16-17,23H,8,10-11H2,1-5H3,(H,21,22)(H,26,27)/t16-,17-/m0/s1. The lowest BCUT2D eigenvalue weighted by Crippen LogP contribution is -2.50. The molecule has 7 nitrogen and oxygen atoms in total. The molecule has 0 spiro atoms. The zero-order valence-corrected chi connectivity index (χ0v) is 18.1. The van der Waals surface area contributed by atoms with Crippen LogP contribution >= 0.6 is 0 Å². The van der Waals surface area contributed by atoms with Crippen LogP contribution in [-0.4, -0.2) is 52.6 Å². The minimum Gasteiger partial charge on any atom is -0.465 e. The van der Waals surface area contributed by atoms with E-state index >= 15 is 0 Å². The van der Waals surface area contributed by atoms with Crippen LogP contribution in [0.1, 0.15) is 44.2 Å². The normalized spacial score (nSPS) is 17.4. The van der Waals surface area contributed by atoms with Crippen LogP contribution in [-0.2, 0) is 4.79 Å². The summed E-state index contributed by atoms with van der Waals surface area (Å²) in [6.45, 7) is 10.7. The number of likely N-dealkylation sites (tertiary alicyclic amines) is 1. The highest BCUT2D eigenvalue weighted by atomic mass is 28.3. The van der Waals surface area contributed by atoms with Crippen molar-refractivity contribution in [3.63, 3.8) is 0 Å². The van der Waals surface area contributed by atoms with Crippen LogP contribution in [0.2, 0.25) is 19.6 Å². The third kappa shape index (κ3) is 5.90. The first-order valence-corrected chi connectivity index (χ1v) is 13.0. The number of carboxylic acid groups (broad SMARTS) is 1. The molecule has 0 unspecified atom stereocenters. The van der Waals surface area contributed by atoms with E-state index in [1.165, 1.54) is 0 Å². The van der Waals surface area contributed by atoms with E-state index in [-0.39, 0.29) is 17.9 Å². The average molecular weight is 401 g/mol. The minimum atomic E-state index is -1.45. The molecule has 1 aliphatic rings. The molecule has 2 amide bonds. The maximum Gasteiger partial charge on any atom is 0.405 e. The van der Waals surface area contributed by atoms with E-state index < -0.39 is 20.2 Å². The molecular formula is C20H28N4O3Si. The van der Waals surface area contributed by atoms with Crippen LogP contribution < -0.4 is 5.32 Å². The van der Waals surface area contributed by atoms with Gasteiger partial charge < -0.3 is 20.3 Å². The summed E-state index contributed by atoms with van der Waals surface area (Å²) in [4.78, 5) is 33.3. The summed E-state index contributed by atoms with van der Waals surface area (Å²) in [5.41, 5.74) is 3.84. The van der Waals surface area contributed by atoms with Crippen molar-refractivity contribution in [1.82, 2.24) is 20.2 Å². The molecule has 8 heteroatoms. The Morgan fingerprint density at radius 3 is 2.68 bits per heavy atom. The fourth-order valence-corrected chi connectivity index (χ4v) is 3.46. The molecule has 2 atom stereocenters. The molecule has 1 aromatic rings. The van der Waals surface area contributed by atoms with Gasteiger partial charge in [-0.05, 0) is 36.5 Å². The van der Waals surface area contributed by atoms with Crippen molar-refractivity contribution < 1.29 is 14.7 Å². The van der Waals surface area contributed by atoms with Crippen molar-refractivity contribution >= 4 is 20.1 Å². The lowest BCUT2D eigenvalue weighted by atomic mass is 10.0. The van der Waals surface area contributed by atoms with Crippen molar-refractivity contribution in [3.05, 3.63) is 17.7 Å². The number of nitrogens with zero attached hydrogens (tertiary/aromatic N) is 2. The molecule has 1 aromatic heterocycles. The van der Waals surface area contributed by atoms with E-state index in [1.54, 1.807) is 11.1 Å². The first-order valence-electron chi connectivity index (χ1n) is 9.46. The Hall–Kier alpha value is -2.71. The number of aromatic nitrogens is 2. The number of nitrogens with one attached hydrogen (secondary N) is 2. The predicted molar refractivity (Wildman–Crippen MR) is 110 cm³/mol. The number of imidazole rings is 1. The van der Waals surface area contributed by atoms with E-state index in [2.05, 4.69) is 58.2 Å². The van der Waals surface area contributed by atoms with E-state index in [4.69, 9.17) is 5.11 Å². The van der Waals surface area contributed by atoms with Gasteiger partial charge in [0.15, 0.2) is 0 Å². The van der Waals surface area contributed by atoms with Gasteiger partial charge in [-0.15, -0.1) is 5.54 Å². The molecule has 3 N–H and O–H groups in total. The third-order valence-electron chi connectivity index (χ3n) is 4.36. The summed E-state index contributed by atoms with van der Waals surface area (Å²) >= 11 is 0. The highest BCUT2D eigenvalue weighted by molar-refractivity contribution is 6.83. The molecular weight excluding hydrogens is 372 g/mol. The largest absolute Gasteiger partial charge is 0.465 e. The van der Waals surface area contributed by atoms with Gasteiger partial charge in [-0.1, -0.05) is 33.5 Å². The van der Waals surface area contributed by atoms with Crippen LogP contribution in [0.4, 0.5) is 4.79 Å². The molecule has 0 bridgehead atoms. The van der Waals surface area contributed by atoms with Crippen molar-refractivity contribution in [1.29, 1.82) is 0 Å². The molecule has 28 heavy (non-hydrogen) atoms.